The number of amides is 2. The lowest BCUT2D eigenvalue weighted by molar-refractivity contribution is -0.142. The Morgan fingerprint density at radius 2 is 1.77 bits per heavy atom. The van der Waals surface area contributed by atoms with E-state index in [1.54, 1.807) is 19.1 Å². The molecule has 5 nitrogen and oxygen atoms in total. The molecule has 31 heavy (non-hydrogen) atoms. The van der Waals surface area contributed by atoms with Gasteiger partial charge in [0, 0.05) is 22.6 Å². The molecule has 1 atom stereocenters. The fourth-order valence-corrected chi connectivity index (χ4v) is 3.53. The van der Waals surface area contributed by atoms with Crippen LogP contribution in [0.25, 0.3) is 0 Å². The highest BCUT2D eigenvalue weighted by atomic mass is 79.9. The van der Waals surface area contributed by atoms with Crippen LogP contribution in [0.4, 0.5) is 0 Å². The zero-order chi connectivity index (χ0) is 23.1. The number of nitrogens with one attached hydrogen (secondary N) is 1. The van der Waals surface area contributed by atoms with Gasteiger partial charge in [-0.25, -0.2) is 0 Å². The van der Waals surface area contributed by atoms with Crippen LogP contribution in [0.1, 0.15) is 37.5 Å². The van der Waals surface area contributed by atoms with E-state index in [1.807, 2.05) is 52.0 Å². The summed E-state index contributed by atoms with van der Waals surface area (Å²) in [5.41, 5.74) is 2.90. The minimum atomic E-state index is -0.651. The standard InChI is InChI=1S/C24H30BrClN2O3/c1-15(2)12-27-24(30)18(5)28(13-19-7-6-8-20(26)11-19)22(29)14-31-21-9-16(3)23(25)17(4)10-21/h6-11,15,18H,12-14H2,1-5H3,(H,27,30). The molecule has 168 valence electrons. The lowest BCUT2D eigenvalue weighted by Crippen LogP contribution is -2.49. The molecular formula is C24H30BrClN2O3. The summed E-state index contributed by atoms with van der Waals surface area (Å²) in [6.07, 6.45) is 0. The summed E-state index contributed by atoms with van der Waals surface area (Å²) < 4.78 is 6.80. The van der Waals surface area contributed by atoms with Gasteiger partial charge in [-0.1, -0.05) is 53.5 Å². The maximum Gasteiger partial charge on any atom is 0.261 e. The molecule has 2 amide bonds. The minimum Gasteiger partial charge on any atom is -0.484 e. The molecule has 2 aromatic rings. The van der Waals surface area contributed by atoms with Crippen molar-refractivity contribution < 1.29 is 14.3 Å². The first-order valence-electron chi connectivity index (χ1n) is 10.3. The fourth-order valence-electron chi connectivity index (χ4n) is 3.08. The second-order valence-electron chi connectivity index (χ2n) is 8.13. The molecule has 2 rings (SSSR count). The van der Waals surface area contributed by atoms with E-state index < -0.39 is 6.04 Å². The number of carbonyl (C=O) groups excluding carboxylic acids is 2. The quantitative estimate of drug-likeness (QED) is 0.500. The normalized spacial score (nSPS) is 11.9. The van der Waals surface area contributed by atoms with Crippen molar-refractivity contribution in [3.05, 3.63) is 62.6 Å². The van der Waals surface area contributed by atoms with Gasteiger partial charge in [-0.3, -0.25) is 9.59 Å². The van der Waals surface area contributed by atoms with Crippen LogP contribution in [0.5, 0.6) is 5.75 Å². The van der Waals surface area contributed by atoms with Crippen molar-refractivity contribution in [1.29, 1.82) is 0 Å². The molecule has 0 aromatic heterocycles. The smallest absolute Gasteiger partial charge is 0.261 e. The van der Waals surface area contributed by atoms with Gasteiger partial charge in [0.25, 0.3) is 5.91 Å². The Morgan fingerprint density at radius 1 is 1.13 bits per heavy atom. The molecule has 0 radical (unpaired) electrons. The van der Waals surface area contributed by atoms with Crippen molar-refractivity contribution in [2.45, 2.75) is 47.2 Å². The summed E-state index contributed by atoms with van der Waals surface area (Å²) in [5.74, 6) is 0.469. The molecule has 0 spiro atoms. The number of hydrogen-bond acceptors (Lipinski definition) is 3. The number of ether oxygens (including phenoxy) is 1. The minimum absolute atomic E-state index is 0.164. The predicted octanol–water partition coefficient (Wildman–Crippen LogP) is 5.29. The van der Waals surface area contributed by atoms with Crippen LogP contribution in [-0.2, 0) is 16.1 Å². The van der Waals surface area contributed by atoms with E-state index in [1.165, 1.54) is 4.90 Å². The molecule has 1 unspecified atom stereocenters. The molecule has 0 aliphatic carbocycles. The highest BCUT2D eigenvalue weighted by Crippen LogP contribution is 2.26. The fraction of sp³-hybridized carbons (Fsp3) is 0.417. The van der Waals surface area contributed by atoms with Crippen LogP contribution in [0, 0.1) is 19.8 Å². The van der Waals surface area contributed by atoms with E-state index in [4.69, 9.17) is 16.3 Å². The van der Waals surface area contributed by atoms with E-state index in [0.717, 1.165) is 21.2 Å². The zero-order valence-corrected chi connectivity index (χ0v) is 21.0. The monoisotopic (exact) mass is 508 g/mol. The number of nitrogens with zero attached hydrogens (tertiary/aromatic N) is 1. The Morgan fingerprint density at radius 3 is 2.35 bits per heavy atom. The summed E-state index contributed by atoms with van der Waals surface area (Å²) in [6.45, 7) is 10.4. The maximum atomic E-state index is 13.1. The SMILES string of the molecule is Cc1cc(OCC(=O)N(Cc2cccc(Cl)c2)C(C)C(=O)NCC(C)C)cc(C)c1Br. The largest absolute Gasteiger partial charge is 0.484 e. The first-order valence-corrected chi connectivity index (χ1v) is 11.5. The molecule has 0 aliphatic heterocycles. The summed E-state index contributed by atoms with van der Waals surface area (Å²) in [4.78, 5) is 27.3. The van der Waals surface area contributed by atoms with Crippen LogP contribution in [0.3, 0.4) is 0 Å². The highest BCUT2D eigenvalue weighted by molar-refractivity contribution is 9.10. The number of aryl methyl sites for hydroxylation is 2. The van der Waals surface area contributed by atoms with E-state index in [2.05, 4.69) is 21.2 Å². The third-order valence-corrected chi connectivity index (χ3v) is 6.35. The highest BCUT2D eigenvalue weighted by Gasteiger charge is 2.26. The van der Waals surface area contributed by atoms with Crippen molar-refractivity contribution in [2.24, 2.45) is 5.92 Å². The molecule has 2 aromatic carbocycles. The van der Waals surface area contributed by atoms with Crippen molar-refractivity contribution in [1.82, 2.24) is 10.2 Å². The van der Waals surface area contributed by atoms with Crippen LogP contribution < -0.4 is 10.1 Å². The van der Waals surface area contributed by atoms with Crippen LogP contribution >= 0.6 is 27.5 Å². The Kier molecular flexibility index (Phi) is 9.38. The van der Waals surface area contributed by atoms with E-state index in [0.29, 0.717) is 23.2 Å². The van der Waals surface area contributed by atoms with Gasteiger partial charge in [0.15, 0.2) is 6.61 Å². The van der Waals surface area contributed by atoms with E-state index in [-0.39, 0.29) is 25.0 Å². The number of carbonyl (C=O) groups is 2. The van der Waals surface area contributed by atoms with Crippen molar-refractivity contribution >= 4 is 39.3 Å². The van der Waals surface area contributed by atoms with Gasteiger partial charge >= 0.3 is 0 Å². The second kappa shape index (κ2) is 11.5. The third kappa shape index (κ3) is 7.54. The summed E-state index contributed by atoms with van der Waals surface area (Å²) >= 11 is 9.64. The van der Waals surface area contributed by atoms with Crippen molar-refractivity contribution in [3.63, 3.8) is 0 Å². The number of halogens is 2. The number of benzene rings is 2. The van der Waals surface area contributed by atoms with Gasteiger partial charge in [-0.05, 0) is 67.6 Å². The lowest BCUT2D eigenvalue weighted by Gasteiger charge is -2.29. The summed E-state index contributed by atoms with van der Waals surface area (Å²) in [7, 11) is 0. The van der Waals surface area contributed by atoms with Gasteiger partial charge in [0.05, 0.1) is 0 Å². The van der Waals surface area contributed by atoms with Gasteiger partial charge in [0.2, 0.25) is 5.91 Å². The van der Waals surface area contributed by atoms with Gasteiger partial charge in [-0.2, -0.15) is 0 Å². The first kappa shape index (κ1) is 25.2. The maximum absolute atomic E-state index is 13.1. The molecule has 7 heteroatoms. The molecular weight excluding hydrogens is 480 g/mol. The van der Waals surface area contributed by atoms with Crippen LogP contribution in [0.15, 0.2) is 40.9 Å². The molecule has 0 aliphatic rings. The van der Waals surface area contributed by atoms with Gasteiger partial charge in [-0.15, -0.1) is 0 Å². The Bertz CT molecular complexity index is 910. The van der Waals surface area contributed by atoms with Crippen LogP contribution in [-0.4, -0.2) is 35.9 Å². The molecule has 0 saturated carbocycles. The molecule has 0 heterocycles. The van der Waals surface area contributed by atoms with Crippen molar-refractivity contribution in [2.75, 3.05) is 13.2 Å². The number of rotatable bonds is 9. The van der Waals surface area contributed by atoms with E-state index >= 15 is 0 Å². The lowest BCUT2D eigenvalue weighted by atomic mass is 10.1. The number of hydrogen-bond donors (Lipinski definition) is 1. The summed E-state index contributed by atoms with van der Waals surface area (Å²) in [5, 5.41) is 3.49. The Labute approximate surface area is 198 Å². The summed E-state index contributed by atoms with van der Waals surface area (Å²) in [6, 6.07) is 10.4. The van der Waals surface area contributed by atoms with Gasteiger partial charge < -0.3 is 15.0 Å². The molecule has 0 saturated heterocycles. The molecule has 0 bridgehead atoms. The second-order valence-corrected chi connectivity index (χ2v) is 9.36. The van der Waals surface area contributed by atoms with E-state index in [9.17, 15) is 9.59 Å². The van der Waals surface area contributed by atoms with Crippen LogP contribution in [0.2, 0.25) is 5.02 Å². The molecule has 0 fully saturated rings. The van der Waals surface area contributed by atoms with Crippen molar-refractivity contribution in [3.8, 4) is 5.75 Å². The first-order chi connectivity index (χ1) is 14.6. The Balaban J connectivity index is 2.17. The topological polar surface area (TPSA) is 58.6 Å². The van der Waals surface area contributed by atoms with Gasteiger partial charge in [0.1, 0.15) is 11.8 Å². The third-order valence-electron chi connectivity index (χ3n) is 4.87. The average Bonchev–Trinajstić information content (AvgIpc) is 2.71. The predicted molar refractivity (Wildman–Crippen MR) is 128 cm³/mol. The zero-order valence-electron chi connectivity index (χ0n) is 18.7. The molecule has 1 N–H and O–H groups in total. The average molecular weight is 510 g/mol. The Hall–Kier alpha value is -2.05.